The minimum atomic E-state index is -4.66. The first-order chi connectivity index (χ1) is 15.7. The van der Waals surface area contributed by atoms with E-state index in [1.54, 1.807) is 0 Å². The lowest BCUT2D eigenvalue weighted by atomic mass is 9.84. The van der Waals surface area contributed by atoms with Crippen LogP contribution in [0, 0.1) is 11.7 Å². The fraction of sp³-hybridized carbons (Fsp3) is 0.667. The molecule has 1 heterocycles. The maximum Gasteiger partial charge on any atom is 0.416 e. The first-order valence-corrected chi connectivity index (χ1v) is 11.9. The number of nitrogens with one attached hydrogen (secondary N) is 3. The Morgan fingerprint density at radius 3 is 2.42 bits per heavy atom. The molecule has 3 aliphatic rings. The van der Waals surface area contributed by atoms with Crippen molar-refractivity contribution in [2.75, 3.05) is 13.1 Å². The highest BCUT2D eigenvalue weighted by atomic mass is 19.4. The number of carbonyl (C=O) groups excluding carboxylic acids is 2. The minimum absolute atomic E-state index is 0.00509. The monoisotopic (exact) mass is 469 g/mol. The van der Waals surface area contributed by atoms with Gasteiger partial charge in [0.15, 0.2) is 0 Å². The summed E-state index contributed by atoms with van der Waals surface area (Å²) >= 11 is 0. The predicted molar refractivity (Wildman–Crippen MR) is 115 cm³/mol. The van der Waals surface area contributed by atoms with Gasteiger partial charge < -0.3 is 16.0 Å². The molecule has 0 spiro atoms. The maximum absolute atomic E-state index is 14.6. The van der Waals surface area contributed by atoms with Crippen molar-refractivity contribution < 1.29 is 27.2 Å². The fourth-order valence-corrected chi connectivity index (χ4v) is 5.19. The van der Waals surface area contributed by atoms with Crippen LogP contribution in [0.3, 0.4) is 0 Å². The van der Waals surface area contributed by atoms with Gasteiger partial charge in [0.05, 0.1) is 11.0 Å². The van der Waals surface area contributed by atoms with Crippen LogP contribution in [0.5, 0.6) is 0 Å². The summed E-state index contributed by atoms with van der Waals surface area (Å²) < 4.78 is 53.4. The van der Waals surface area contributed by atoms with Crippen LogP contribution < -0.4 is 16.0 Å². The first kappa shape index (κ1) is 24.0. The highest BCUT2D eigenvalue weighted by molar-refractivity contribution is 5.95. The third-order valence-corrected chi connectivity index (χ3v) is 7.32. The zero-order valence-corrected chi connectivity index (χ0v) is 18.6. The number of hydrogen-bond donors (Lipinski definition) is 3. The summed E-state index contributed by atoms with van der Waals surface area (Å²) in [4.78, 5) is 26.3. The molecule has 9 heteroatoms. The second-order valence-electron chi connectivity index (χ2n) is 9.74. The van der Waals surface area contributed by atoms with Gasteiger partial charge in [0, 0.05) is 18.2 Å². The van der Waals surface area contributed by atoms with Crippen molar-refractivity contribution in [1.82, 2.24) is 16.0 Å². The van der Waals surface area contributed by atoms with Crippen LogP contribution in [0.1, 0.15) is 68.9 Å². The number of rotatable bonds is 7. The van der Waals surface area contributed by atoms with E-state index in [-0.39, 0.29) is 17.5 Å². The Bertz CT molecular complexity index is 873. The van der Waals surface area contributed by atoms with E-state index in [1.165, 1.54) is 6.42 Å². The summed E-state index contributed by atoms with van der Waals surface area (Å²) in [6.07, 6.45) is 2.73. The summed E-state index contributed by atoms with van der Waals surface area (Å²) in [6, 6.07) is 1.58. The van der Waals surface area contributed by atoms with Gasteiger partial charge in [-0.05, 0) is 50.3 Å². The Hall–Kier alpha value is -2.16. The van der Waals surface area contributed by atoms with Gasteiger partial charge in [-0.1, -0.05) is 38.2 Å². The fourth-order valence-electron chi connectivity index (χ4n) is 5.19. The van der Waals surface area contributed by atoms with Crippen LogP contribution in [0.4, 0.5) is 17.6 Å². The molecule has 1 aromatic rings. The van der Waals surface area contributed by atoms with Crippen LogP contribution >= 0.6 is 0 Å². The van der Waals surface area contributed by atoms with Gasteiger partial charge in [-0.3, -0.25) is 9.59 Å². The molecule has 182 valence electrons. The van der Waals surface area contributed by atoms with Crippen molar-refractivity contribution in [3.05, 3.63) is 35.1 Å². The Morgan fingerprint density at radius 1 is 1.12 bits per heavy atom. The van der Waals surface area contributed by atoms with Gasteiger partial charge in [0.1, 0.15) is 11.9 Å². The van der Waals surface area contributed by atoms with E-state index in [0.717, 1.165) is 50.8 Å². The number of carbonyl (C=O) groups is 2. The van der Waals surface area contributed by atoms with Crippen LogP contribution in [-0.2, 0) is 21.2 Å². The molecular formula is C24H31F4N3O2. The Morgan fingerprint density at radius 2 is 1.85 bits per heavy atom. The van der Waals surface area contributed by atoms with Crippen LogP contribution in [-0.4, -0.2) is 37.0 Å². The van der Waals surface area contributed by atoms with Crippen molar-refractivity contribution in [1.29, 1.82) is 0 Å². The molecule has 1 aliphatic heterocycles. The third kappa shape index (κ3) is 5.50. The van der Waals surface area contributed by atoms with Crippen molar-refractivity contribution in [3.63, 3.8) is 0 Å². The highest BCUT2D eigenvalue weighted by Crippen LogP contribution is 2.50. The molecule has 0 radical (unpaired) electrons. The molecule has 2 atom stereocenters. The Labute approximate surface area is 191 Å². The van der Waals surface area contributed by atoms with E-state index in [9.17, 15) is 27.2 Å². The van der Waals surface area contributed by atoms with Crippen LogP contribution in [0.15, 0.2) is 18.2 Å². The number of amides is 2. The van der Waals surface area contributed by atoms with Gasteiger partial charge in [-0.2, -0.15) is 13.2 Å². The van der Waals surface area contributed by atoms with Gasteiger partial charge >= 0.3 is 6.18 Å². The topological polar surface area (TPSA) is 70.2 Å². The molecule has 0 bridgehead atoms. The van der Waals surface area contributed by atoms with E-state index < -0.39 is 34.9 Å². The van der Waals surface area contributed by atoms with E-state index >= 15 is 0 Å². The van der Waals surface area contributed by atoms with Gasteiger partial charge in [0.2, 0.25) is 11.8 Å². The maximum atomic E-state index is 14.6. The van der Waals surface area contributed by atoms with E-state index in [1.807, 2.05) is 0 Å². The quantitative estimate of drug-likeness (QED) is 0.532. The van der Waals surface area contributed by atoms with Gasteiger partial charge in [-0.25, -0.2) is 4.39 Å². The molecule has 1 aromatic carbocycles. The number of hydrogen-bond acceptors (Lipinski definition) is 3. The number of benzene rings is 1. The van der Waals surface area contributed by atoms with Crippen LogP contribution in [0.2, 0.25) is 0 Å². The molecule has 33 heavy (non-hydrogen) atoms. The molecule has 0 aromatic heterocycles. The van der Waals surface area contributed by atoms with Crippen molar-refractivity contribution in [2.24, 2.45) is 5.92 Å². The summed E-state index contributed by atoms with van der Waals surface area (Å²) in [5, 5.41) is 9.05. The molecule has 2 saturated carbocycles. The Kier molecular flexibility index (Phi) is 6.98. The largest absolute Gasteiger partial charge is 0.416 e. The predicted octanol–water partition coefficient (Wildman–Crippen LogP) is 3.81. The zero-order valence-electron chi connectivity index (χ0n) is 18.6. The molecule has 2 unspecified atom stereocenters. The van der Waals surface area contributed by atoms with E-state index in [2.05, 4.69) is 16.0 Å². The van der Waals surface area contributed by atoms with Gasteiger partial charge in [0.25, 0.3) is 0 Å². The second kappa shape index (κ2) is 9.60. The highest BCUT2D eigenvalue weighted by Gasteiger charge is 2.53. The Balaban J connectivity index is 1.49. The zero-order chi connectivity index (χ0) is 23.6. The van der Waals surface area contributed by atoms with E-state index in [4.69, 9.17) is 0 Å². The smallest absolute Gasteiger partial charge is 0.350 e. The molecule has 5 nitrogen and oxygen atoms in total. The third-order valence-electron chi connectivity index (χ3n) is 7.32. The molecule has 2 aliphatic carbocycles. The summed E-state index contributed by atoms with van der Waals surface area (Å²) in [7, 11) is 0. The number of alkyl halides is 3. The molecular weight excluding hydrogens is 438 g/mol. The summed E-state index contributed by atoms with van der Waals surface area (Å²) in [6.45, 7) is 1.50. The lowest BCUT2D eigenvalue weighted by Crippen LogP contribution is -2.53. The van der Waals surface area contributed by atoms with Crippen molar-refractivity contribution >= 4 is 11.8 Å². The molecule has 3 fully saturated rings. The molecule has 3 N–H and O–H groups in total. The molecule has 1 saturated heterocycles. The lowest BCUT2D eigenvalue weighted by molar-refractivity contribution is -0.137. The average molecular weight is 470 g/mol. The standard InChI is InChI=1S/C24H31F4N3O2/c25-19-13-16(24(26,27)28)6-7-18(19)23(9-10-23)22(33)31-20(12-15-4-2-1-3-5-15)21(32)30-17-8-11-29-14-17/h6-7,13,15,17,20,29H,1-5,8-12,14H2,(H,30,32)(H,31,33). The molecule has 4 rings (SSSR count). The first-order valence-electron chi connectivity index (χ1n) is 11.9. The van der Waals surface area contributed by atoms with Crippen molar-refractivity contribution in [2.45, 2.75) is 81.5 Å². The lowest BCUT2D eigenvalue weighted by Gasteiger charge is -2.29. The normalized spacial score (nSPS) is 23.7. The average Bonchev–Trinajstić information content (AvgIpc) is 3.42. The number of halogens is 4. The minimum Gasteiger partial charge on any atom is -0.350 e. The summed E-state index contributed by atoms with van der Waals surface area (Å²) in [5.41, 5.74) is -2.33. The van der Waals surface area contributed by atoms with Crippen LogP contribution in [0.25, 0.3) is 0 Å². The molecule has 2 amide bonds. The van der Waals surface area contributed by atoms with Gasteiger partial charge in [-0.15, -0.1) is 0 Å². The SMILES string of the molecule is O=C(NC1CCNC1)C(CC1CCCCC1)NC(=O)C1(c2ccc(C(F)(F)F)cc2F)CC1. The van der Waals surface area contributed by atoms with E-state index in [0.29, 0.717) is 37.8 Å². The summed E-state index contributed by atoms with van der Waals surface area (Å²) in [5.74, 6) is -1.44. The van der Waals surface area contributed by atoms with Crippen molar-refractivity contribution in [3.8, 4) is 0 Å². The second-order valence-corrected chi connectivity index (χ2v) is 9.74.